The average molecular weight is 814 g/mol. The number of amides is 2. The second-order valence-electron chi connectivity index (χ2n) is 14.6. The van der Waals surface area contributed by atoms with Gasteiger partial charge in [0.1, 0.15) is 17.5 Å². The number of carbonyl (C=O) groups is 4. The summed E-state index contributed by atoms with van der Waals surface area (Å²) in [6, 6.07) is 43.2. The molecule has 0 unspecified atom stereocenters. The summed E-state index contributed by atoms with van der Waals surface area (Å²) < 4.78 is 17.9. The number of aliphatic hydroxyl groups excluding tert-OH is 1. The molecule has 1 aliphatic rings. The van der Waals surface area contributed by atoms with E-state index in [1.54, 1.807) is 67.6 Å². The Hall–Kier alpha value is -7.37. The summed E-state index contributed by atoms with van der Waals surface area (Å²) in [6.07, 6.45) is -1.38. The number of nitrogens with zero attached hydrogens (tertiary/aromatic N) is 2. The number of anilines is 1. The molecule has 0 spiro atoms. The Morgan fingerprint density at radius 1 is 0.721 bits per heavy atom. The first-order valence-corrected chi connectivity index (χ1v) is 20.2. The van der Waals surface area contributed by atoms with Gasteiger partial charge in [0.15, 0.2) is 0 Å². The third kappa shape index (κ3) is 8.83. The van der Waals surface area contributed by atoms with Crippen LogP contribution in [0.15, 0.2) is 152 Å². The van der Waals surface area contributed by atoms with E-state index in [0.29, 0.717) is 34.5 Å². The van der Waals surface area contributed by atoms with Crippen molar-refractivity contribution in [3.63, 3.8) is 0 Å². The summed E-state index contributed by atoms with van der Waals surface area (Å²) in [5.74, 6) is -2.04. The fourth-order valence-electron chi connectivity index (χ4n) is 7.72. The van der Waals surface area contributed by atoms with Gasteiger partial charge >= 0.3 is 11.9 Å². The third-order valence-corrected chi connectivity index (χ3v) is 10.7. The zero-order chi connectivity index (χ0) is 42.3. The second kappa shape index (κ2) is 18.3. The molecular weight excluding hydrogens is 771 g/mol. The number of aliphatic hydroxyl groups is 1. The number of fused-ring (bicyclic) bond motifs is 3. The van der Waals surface area contributed by atoms with E-state index >= 15 is 4.79 Å². The molecule has 8 rings (SSSR count). The Bertz CT molecular complexity index is 2720. The van der Waals surface area contributed by atoms with Crippen molar-refractivity contribution in [1.82, 2.24) is 10.3 Å². The molecule has 1 aromatic heterocycles. The van der Waals surface area contributed by atoms with Crippen LogP contribution in [-0.2, 0) is 14.3 Å². The molecule has 2 heterocycles. The van der Waals surface area contributed by atoms with Crippen molar-refractivity contribution >= 4 is 51.1 Å². The molecule has 2 amide bonds. The lowest BCUT2D eigenvalue weighted by molar-refractivity contribution is -0.144. The monoisotopic (exact) mass is 813 g/mol. The fourth-order valence-corrected chi connectivity index (χ4v) is 7.72. The highest BCUT2D eigenvalue weighted by atomic mass is 16.5. The Labute approximate surface area is 352 Å². The highest BCUT2D eigenvalue weighted by Gasteiger charge is 2.48. The Morgan fingerprint density at radius 2 is 1.41 bits per heavy atom. The summed E-state index contributed by atoms with van der Waals surface area (Å²) >= 11 is 0. The number of carbonyl (C=O) groups excluding carboxylic acids is 4. The number of para-hydroxylation sites is 1. The van der Waals surface area contributed by atoms with E-state index in [0.717, 1.165) is 27.3 Å². The van der Waals surface area contributed by atoms with Crippen LogP contribution < -0.4 is 15.0 Å². The molecule has 0 bridgehead atoms. The summed E-state index contributed by atoms with van der Waals surface area (Å²) in [6.45, 7) is 1.85. The molecule has 7 aromatic rings. The summed E-state index contributed by atoms with van der Waals surface area (Å²) in [5, 5.41) is 15.2. The molecule has 0 radical (unpaired) electrons. The molecule has 11 heteroatoms. The highest BCUT2D eigenvalue weighted by Crippen LogP contribution is 2.43. The minimum absolute atomic E-state index is 0.0667. The number of hydrogen-bond acceptors (Lipinski definition) is 9. The average Bonchev–Trinajstić information content (AvgIpc) is 3.30. The quantitative estimate of drug-likeness (QED) is 0.0865. The molecule has 3 atom stereocenters. The largest absolute Gasteiger partial charge is 0.493 e. The predicted octanol–water partition coefficient (Wildman–Crippen LogP) is 8.50. The number of hydrogen-bond donors (Lipinski definition) is 2. The van der Waals surface area contributed by atoms with Gasteiger partial charge in [0.25, 0.3) is 11.8 Å². The van der Waals surface area contributed by atoms with Crippen molar-refractivity contribution < 1.29 is 38.5 Å². The van der Waals surface area contributed by atoms with Gasteiger partial charge in [-0.2, -0.15) is 0 Å². The summed E-state index contributed by atoms with van der Waals surface area (Å²) in [5.41, 5.74) is 3.82. The number of ether oxygens (including phenoxy) is 3. The number of pyridine rings is 1. The molecule has 61 heavy (non-hydrogen) atoms. The standard InChI is InChI=1S/C50H43N3O8/c1-2-59-45(55)31-44-47(61-50(58)36-20-17-34(18-21-36)32-11-4-3-5-12-32)46(52-48(56)38-22-19-33-13-6-7-15-37(33)29-38)40-30-39(60-28-10-27-54)24-26-43(40)53(44)49(57)42-25-23-35-14-8-9-16-41(35)51-42/h3-9,11-26,29-30,44,46-47,54H,2,10,27-28,31H2,1H3,(H,52,56)/t44-,46-,47-/m0/s1. The van der Waals surface area contributed by atoms with Crippen LogP contribution in [0, 0.1) is 0 Å². The van der Waals surface area contributed by atoms with Crippen molar-refractivity contribution in [2.24, 2.45) is 0 Å². The second-order valence-corrected chi connectivity index (χ2v) is 14.6. The first kappa shape index (κ1) is 40.4. The lowest BCUT2D eigenvalue weighted by Crippen LogP contribution is -2.58. The van der Waals surface area contributed by atoms with E-state index in [-0.39, 0.29) is 31.1 Å². The summed E-state index contributed by atoms with van der Waals surface area (Å²) in [7, 11) is 0. The Morgan fingerprint density at radius 3 is 2.18 bits per heavy atom. The Balaban J connectivity index is 1.27. The lowest BCUT2D eigenvalue weighted by Gasteiger charge is -2.45. The molecular formula is C50H43N3O8. The van der Waals surface area contributed by atoms with Gasteiger partial charge in [-0.15, -0.1) is 0 Å². The van der Waals surface area contributed by atoms with Crippen LogP contribution >= 0.6 is 0 Å². The van der Waals surface area contributed by atoms with E-state index in [1.807, 2.05) is 91.0 Å². The molecule has 2 N–H and O–H groups in total. The van der Waals surface area contributed by atoms with Crippen molar-refractivity contribution in [2.75, 3.05) is 24.7 Å². The van der Waals surface area contributed by atoms with Crippen molar-refractivity contribution in [2.45, 2.75) is 38.0 Å². The molecule has 0 fully saturated rings. The van der Waals surface area contributed by atoms with E-state index in [1.165, 1.54) is 4.90 Å². The molecule has 0 saturated heterocycles. The van der Waals surface area contributed by atoms with E-state index in [9.17, 15) is 19.5 Å². The lowest BCUT2D eigenvalue weighted by atomic mass is 9.85. The maximum atomic E-state index is 15.0. The van der Waals surface area contributed by atoms with Crippen molar-refractivity contribution in [1.29, 1.82) is 0 Å². The topological polar surface area (TPSA) is 144 Å². The van der Waals surface area contributed by atoms with Gasteiger partial charge in [0, 0.05) is 29.5 Å². The highest BCUT2D eigenvalue weighted by molar-refractivity contribution is 6.08. The van der Waals surface area contributed by atoms with Gasteiger partial charge in [-0.25, -0.2) is 9.78 Å². The molecule has 0 aliphatic carbocycles. The van der Waals surface area contributed by atoms with Gasteiger partial charge in [-0.1, -0.05) is 97.1 Å². The van der Waals surface area contributed by atoms with Gasteiger partial charge in [0.05, 0.1) is 48.5 Å². The zero-order valence-electron chi connectivity index (χ0n) is 33.4. The maximum absolute atomic E-state index is 15.0. The van der Waals surface area contributed by atoms with Crippen LogP contribution in [0.1, 0.15) is 62.6 Å². The van der Waals surface area contributed by atoms with E-state index in [2.05, 4.69) is 5.32 Å². The minimum Gasteiger partial charge on any atom is -0.493 e. The molecule has 6 aromatic carbocycles. The van der Waals surface area contributed by atoms with Gasteiger partial charge in [0.2, 0.25) is 0 Å². The normalized spacial score (nSPS) is 15.8. The maximum Gasteiger partial charge on any atom is 0.338 e. The van der Waals surface area contributed by atoms with Gasteiger partial charge in [-0.3, -0.25) is 19.3 Å². The van der Waals surface area contributed by atoms with Crippen LogP contribution in [-0.4, -0.2) is 65.8 Å². The van der Waals surface area contributed by atoms with Crippen LogP contribution in [0.25, 0.3) is 32.8 Å². The zero-order valence-corrected chi connectivity index (χ0v) is 33.4. The number of aromatic nitrogens is 1. The van der Waals surface area contributed by atoms with Crippen LogP contribution in [0.4, 0.5) is 5.69 Å². The van der Waals surface area contributed by atoms with E-state index in [4.69, 9.17) is 19.2 Å². The van der Waals surface area contributed by atoms with Crippen LogP contribution in [0.3, 0.4) is 0 Å². The molecule has 0 saturated carbocycles. The van der Waals surface area contributed by atoms with Crippen molar-refractivity contribution in [3.05, 3.63) is 174 Å². The summed E-state index contributed by atoms with van der Waals surface area (Å²) in [4.78, 5) is 63.6. The van der Waals surface area contributed by atoms with Crippen LogP contribution in [0.5, 0.6) is 5.75 Å². The first-order valence-electron chi connectivity index (χ1n) is 20.2. The third-order valence-electron chi connectivity index (χ3n) is 10.7. The first-order chi connectivity index (χ1) is 29.8. The number of nitrogens with one attached hydrogen (secondary N) is 1. The number of benzene rings is 6. The Kier molecular flexibility index (Phi) is 12.1. The SMILES string of the molecule is CCOC(=O)C[C@H]1[C@H](OC(=O)c2ccc(-c3ccccc3)cc2)[C@@H](NC(=O)c2ccc3ccccc3c2)c2cc(OCCCO)ccc2N1C(=O)c1ccc2ccccc2n1. The van der Waals surface area contributed by atoms with E-state index < -0.39 is 48.4 Å². The smallest absolute Gasteiger partial charge is 0.338 e. The van der Waals surface area contributed by atoms with Crippen molar-refractivity contribution in [3.8, 4) is 16.9 Å². The molecule has 11 nitrogen and oxygen atoms in total. The van der Waals surface area contributed by atoms with Gasteiger partial charge in [-0.05, 0) is 83.4 Å². The van der Waals surface area contributed by atoms with Crippen LogP contribution in [0.2, 0.25) is 0 Å². The van der Waals surface area contributed by atoms with Gasteiger partial charge < -0.3 is 24.6 Å². The fraction of sp³-hybridized carbons (Fsp3) is 0.180. The number of rotatable bonds is 13. The number of esters is 2. The minimum atomic E-state index is -1.35. The molecule has 1 aliphatic heterocycles. The predicted molar refractivity (Wildman–Crippen MR) is 232 cm³/mol. The molecule has 306 valence electrons.